The van der Waals surface area contributed by atoms with E-state index in [0.717, 1.165) is 101 Å². The van der Waals surface area contributed by atoms with Crippen LogP contribution >= 0.6 is 84.0 Å². The Kier molecular flexibility index (Phi) is 17.9. The van der Waals surface area contributed by atoms with Crippen molar-refractivity contribution in [3.8, 4) is 33.8 Å². The number of hydrogen-bond acceptors (Lipinski definition) is 13. The standard InChI is InChI=1S/C43H24F3NO3S4.C25H12BrF3O3S3.C19H14S/c44-43(45,46)54(48,49)50-29-23-35-33-21-26(25-14-17-39-32(20-25)30-10-4-6-12-37(30)51-39)15-18-41(33)53-42(35)36(24-29)47(27-8-2-1-3-9-27)28-16-19-40-34(22-28)31-11-5-7-13-38(31)52-40;26-20-12-15(32-35(30,31)25(27,28)29)11-19-18-10-14(6-8-23(18)34-24(19)20)13-5-7-22-17(9-13)16-3-1-2-4-21(16)33-22;1-2-6-14(7-3-1)12-15-10-11-19-17(13-15)16-8-4-5-9-18(16)20-19/h1-24H;1-12H;1-11,13H,12H2. The molecule has 22 heteroatoms. The van der Waals surface area contributed by atoms with Gasteiger partial charge in [0.15, 0.2) is 0 Å². The maximum absolute atomic E-state index is 13.8. The number of halogens is 7. The predicted octanol–water partition coefficient (Wildman–Crippen LogP) is 28.9. The van der Waals surface area contributed by atoms with Crippen molar-refractivity contribution in [2.75, 3.05) is 4.90 Å². The third kappa shape index (κ3) is 13.3. The minimum atomic E-state index is -5.97. The van der Waals surface area contributed by atoms with E-state index in [4.69, 9.17) is 4.18 Å². The molecule has 536 valence electrons. The number of para-hydroxylation sites is 1. The molecule has 0 atom stereocenters. The van der Waals surface area contributed by atoms with Crippen LogP contribution in [0.5, 0.6) is 11.5 Å². The lowest BCUT2D eigenvalue weighted by molar-refractivity contribution is -0.0504. The van der Waals surface area contributed by atoms with E-state index in [0.29, 0.717) is 20.9 Å². The highest BCUT2D eigenvalue weighted by molar-refractivity contribution is 9.10. The summed E-state index contributed by atoms with van der Waals surface area (Å²) in [7, 11) is -11.7. The van der Waals surface area contributed by atoms with Crippen molar-refractivity contribution in [2.45, 2.75) is 17.4 Å². The van der Waals surface area contributed by atoms with E-state index in [1.54, 1.807) is 34.0 Å². The molecule has 0 aliphatic rings. The number of anilines is 3. The fourth-order valence-electron chi connectivity index (χ4n) is 14.0. The molecule has 0 radical (unpaired) electrons. The van der Waals surface area contributed by atoms with Crippen molar-refractivity contribution in [1.29, 1.82) is 0 Å². The Morgan fingerprint density at radius 3 is 1.08 bits per heavy atom. The Hall–Kier alpha value is -10.2. The Morgan fingerprint density at radius 1 is 0.294 bits per heavy atom. The zero-order chi connectivity index (χ0) is 74.7. The summed E-state index contributed by atoms with van der Waals surface area (Å²) >= 11 is 13.3. The highest BCUT2D eigenvalue weighted by Gasteiger charge is 2.49. The van der Waals surface area contributed by atoms with Crippen LogP contribution in [-0.2, 0) is 26.7 Å². The topological polar surface area (TPSA) is 90.0 Å². The molecule has 6 aromatic heterocycles. The third-order valence-corrected chi connectivity index (χ3v) is 28.9. The first kappa shape index (κ1) is 70.4. The van der Waals surface area contributed by atoms with Gasteiger partial charge < -0.3 is 13.3 Å². The summed E-state index contributed by atoms with van der Waals surface area (Å²) in [4.78, 5) is 1.95. The molecule has 0 aliphatic carbocycles. The Morgan fingerprint density at radius 2 is 0.633 bits per heavy atom. The molecule has 14 aromatic carbocycles. The quantitative estimate of drug-likeness (QED) is 0.0724. The minimum Gasteiger partial charge on any atom is -0.376 e. The number of alkyl halides is 6. The molecule has 6 heterocycles. The summed E-state index contributed by atoms with van der Waals surface area (Å²) in [6, 6.07) is 96.4. The van der Waals surface area contributed by atoms with Crippen LogP contribution in [0.25, 0.3) is 143 Å². The maximum Gasteiger partial charge on any atom is 0.534 e. The van der Waals surface area contributed by atoms with Gasteiger partial charge >= 0.3 is 31.3 Å². The van der Waals surface area contributed by atoms with Crippen molar-refractivity contribution in [1.82, 2.24) is 0 Å². The van der Waals surface area contributed by atoms with E-state index in [9.17, 15) is 43.2 Å². The minimum absolute atomic E-state index is 0.405. The van der Waals surface area contributed by atoms with Gasteiger partial charge in [-0.15, -0.1) is 68.0 Å². The van der Waals surface area contributed by atoms with Gasteiger partial charge in [0.2, 0.25) is 0 Å². The summed E-state index contributed by atoms with van der Waals surface area (Å²) in [6.45, 7) is 0. The number of rotatable bonds is 11. The lowest BCUT2D eigenvalue weighted by atomic mass is 10.0. The monoisotopic (exact) mass is 1650 g/mol. The maximum atomic E-state index is 13.8. The molecule has 0 saturated heterocycles. The van der Waals surface area contributed by atoms with Crippen LogP contribution in [0.3, 0.4) is 0 Å². The van der Waals surface area contributed by atoms with Crippen LogP contribution in [0.2, 0.25) is 0 Å². The molecule has 0 unspecified atom stereocenters. The van der Waals surface area contributed by atoms with Crippen LogP contribution in [0.1, 0.15) is 11.1 Å². The molecule has 20 aromatic rings. The second kappa shape index (κ2) is 27.7. The predicted molar refractivity (Wildman–Crippen MR) is 450 cm³/mol. The van der Waals surface area contributed by atoms with Crippen LogP contribution in [0, 0.1) is 0 Å². The fourth-order valence-corrected chi connectivity index (χ4v) is 22.2. The summed E-state index contributed by atoms with van der Waals surface area (Å²) in [6.07, 6.45) is 1.00. The van der Waals surface area contributed by atoms with Gasteiger partial charge in [-0.05, 0) is 189 Å². The first-order chi connectivity index (χ1) is 52.6. The largest absolute Gasteiger partial charge is 0.534 e. The van der Waals surface area contributed by atoms with Gasteiger partial charge in [-0.25, -0.2) is 0 Å². The highest BCUT2D eigenvalue weighted by Crippen LogP contribution is 2.51. The smallest absolute Gasteiger partial charge is 0.376 e. The van der Waals surface area contributed by atoms with Gasteiger partial charge in [-0.3, -0.25) is 0 Å². The lowest BCUT2D eigenvalue weighted by Crippen LogP contribution is -2.28. The zero-order valence-corrected chi connectivity index (χ0v) is 64.3. The number of fused-ring (bicyclic) bond motifs is 18. The molecule has 109 heavy (non-hydrogen) atoms. The molecule has 0 spiro atoms. The van der Waals surface area contributed by atoms with Crippen LogP contribution in [0.15, 0.2) is 296 Å². The average molecular weight is 1660 g/mol. The summed E-state index contributed by atoms with van der Waals surface area (Å²) in [5.74, 6) is -0.841. The normalized spacial score (nSPS) is 12.4. The van der Waals surface area contributed by atoms with E-state index >= 15 is 0 Å². The highest BCUT2D eigenvalue weighted by atomic mass is 79.9. The molecule has 7 nitrogen and oxygen atoms in total. The van der Waals surface area contributed by atoms with Gasteiger partial charge in [-0.2, -0.15) is 43.2 Å². The van der Waals surface area contributed by atoms with E-state index in [-0.39, 0.29) is 0 Å². The van der Waals surface area contributed by atoms with Gasteiger partial charge in [0.25, 0.3) is 0 Å². The second-order valence-electron chi connectivity index (χ2n) is 25.9. The van der Waals surface area contributed by atoms with E-state index in [1.165, 1.54) is 108 Å². The molecule has 0 bridgehead atoms. The van der Waals surface area contributed by atoms with Crippen LogP contribution < -0.4 is 13.3 Å². The van der Waals surface area contributed by atoms with Gasteiger partial charge in [0.05, 0.1) is 10.4 Å². The summed E-state index contributed by atoms with van der Waals surface area (Å²) in [5, 5.41) is 12.3. The van der Waals surface area contributed by atoms with Gasteiger partial charge in [0, 0.05) is 138 Å². The SMILES string of the molecule is O=S(=O)(Oc1cc(Br)c2sc3ccc(-c4ccc5sc6ccccc6c5c4)cc3c2c1)C(F)(F)F.O=S(=O)(Oc1cc(N(c2ccccc2)c2ccc3sc4ccccc4c3c2)c2sc3ccc(-c4ccc5sc6ccccc6c5c4)cc3c2c1)C(F)(F)F.c1ccc(Cc2ccc3sc4ccccc4c3c2)cc1. The van der Waals surface area contributed by atoms with Crippen molar-refractivity contribution in [3.05, 3.63) is 307 Å². The number of thiophene rings is 6. The van der Waals surface area contributed by atoms with Gasteiger partial charge in [-0.1, -0.05) is 152 Å². The molecular formula is C87H50BrF6NO6S8. The molecular weight excluding hydrogens is 1610 g/mol. The Bertz CT molecular complexity index is 7270. The molecule has 0 fully saturated rings. The second-order valence-corrected chi connectivity index (χ2v) is 36.2. The van der Waals surface area contributed by atoms with Crippen molar-refractivity contribution < 1.29 is 51.5 Å². The molecule has 0 saturated carbocycles. The van der Waals surface area contributed by atoms with Crippen molar-refractivity contribution in [2.24, 2.45) is 0 Å². The summed E-state index contributed by atoms with van der Waals surface area (Å²) in [5.41, 5.74) is -2.53. The molecule has 20 rings (SSSR count). The summed E-state index contributed by atoms with van der Waals surface area (Å²) < 4.78 is 151. The first-order valence-electron chi connectivity index (χ1n) is 33.8. The number of nitrogens with zero attached hydrogens (tertiary/aromatic N) is 1. The zero-order valence-electron chi connectivity index (χ0n) is 56.2. The molecule has 0 amide bonds. The Labute approximate surface area is 650 Å². The first-order valence-corrected chi connectivity index (χ1v) is 42.3. The number of hydrogen-bond donors (Lipinski definition) is 0. The molecule has 0 N–H and O–H groups in total. The van der Waals surface area contributed by atoms with E-state index in [2.05, 4.69) is 166 Å². The van der Waals surface area contributed by atoms with Crippen LogP contribution in [-0.4, -0.2) is 27.9 Å². The average Bonchev–Trinajstić information content (AvgIpc) is 1.64. The lowest BCUT2D eigenvalue weighted by Gasteiger charge is -2.26. The van der Waals surface area contributed by atoms with E-state index < -0.39 is 42.8 Å². The number of benzene rings is 14. The van der Waals surface area contributed by atoms with Crippen molar-refractivity contribution >= 4 is 242 Å². The Balaban J connectivity index is 0.000000129. The van der Waals surface area contributed by atoms with Crippen molar-refractivity contribution in [3.63, 3.8) is 0 Å². The van der Waals surface area contributed by atoms with Crippen LogP contribution in [0.4, 0.5) is 43.4 Å². The van der Waals surface area contributed by atoms with E-state index in [1.807, 2.05) is 138 Å². The third-order valence-electron chi connectivity index (χ3n) is 19.0. The van der Waals surface area contributed by atoms with Gasteiger partial charge in [0.1, 0.15) is 11.5 Å². The molecule has 0 aliphatic heterocycles. The fraction of sp³-hybridized carbons (Fsp3) is 0.0345.